The van der Waals surface area contributed by atoms with Crippen LogP contribution in [0.1, 0.15) is 13.3 Å². The van der Waals surface area contributed by atoms with Gasteiger partial charge in [0.2, 0.25) is 0 Å². The molecule has 0 aliphatic rings. The van der Waals surface area contributed by atoms with Gasteiger partial charge in [0, 0.05) is 10.2 Å². The second-order valence-corrected chi connectivity index (χ2v) is 4.19. The fourth-order valence-electron chi connectivity index (χ4n) is 0.387. The van der Waals surface area contributed by atoms with Gasteiger partial charge in [-0.15, -0.1) is 0 Å². The average Bonchev–Trinajstić information content (AvgIpc) is 1.66. The van der Waals surface area contributed by atoms with Crippen molar-refractivity contribution >= 4 is 10.2 Å². The van der Waals surface area contributed by atoms with Gasteiger partial charge in [-0.05, 0) is 6.42 Å². The van der Waals surface area contributed by atoms with Gasteiger partial charge in [0.1, 0.15) is 0 Å². The first kappa shape index (κ1) is 7.76. The highest BCUT2D eigenvalue weighted by Crippen LogP contribution is 2.01. The van der Waals surface area contributed by atoms with Crippen molar-refractivity contribution in [2.24, 2.45) is 0 Å². The van der Waals surface area contributed by atoms with Crippen LogP contribution in [0.5, 0.6) is 0 Å². The summed E-state index contributed by atoms with van der Waals surface area (Å²) < 4.78 is 4.93. The number of hydrogen-bond acceptors (Lipinski definition) is 1. The maximum absolute atomic E-state index is 4.93. The maximum Gasteiger partial charge on any atom is 0.0872 e. The van der Waals surface area contributed by atoms with E-state index in [4.69, 9.17) is 4.74 Å². The topological polar surface area (TPSA) is 9.23 Å². The van der Waals surface area contributed by atoms with Crippen molar-refractivity contribution in [3.63, 3.8) is 0 Å². The molecule has 0 N–H and O–H groups in total. The highest BCUT2D eigenvalue weighted by molar-refractivity contribution is 6.11. The molecule has 0 amide bonds. The van der Waals surface area contributed by atoms with Crippen LogP contribution in [0.4, 0.5) is 0 Å². The lowest BCUT2D eigenvalue weighted by Crippen LogP contribution is -1.92. The molecule has 0 heterocycles. The Kier molecular flexibility index (Phi) is 4.76. The Balaban J connectivity index is 2.81. The lowest BCUT2D eigenvalue weighted by atomic mass is 10.3. The Morgan fingerprint density at radius 2 is 2.50 bits per heavy atom. The number of hydrogen-bond donors (Lipinski definition) is 0. The first-order chi connectivity index (χ1) is 3.77. The summed E-state index contributed by atoms with van der Waals surface area (Å²) in [4.78, 5) is 0. The molecular formula is C6H14OSi. The van der Waals surface area contributed by atoms with Crippen molar-refractivity contribution in [1.82, 2.24) is 0 Å². The minimum atomic E-state index is 0.841. The van der Waals surface area contributed by atoms with E-state index in [0.29, 0.717) is 0 Å². The van der Waals surface area contributed by atoms with Crippen LogP contribution in [-0.4, -0.2) is 16.8 Å². The molecule has 0 aliphatic carbocycles. The molecule has 1 atom stereocenters. The third kappa shape index (κ3) is 5.76. The third-order valence-corrected chi connectivity index (χ3v) is 1.51. The molecule has 2 heteroatoms. The summed E-state index contributed by atoms with van der Waals surface area (Å²) in [5.74, 6) is 0. The van der Waals surface area contributed by atoms with Crippen molar-refractivity contribution in [3.8, 4) is 0 Å². The zero-order chi connectivity index (χ0) is 6.41. The second-order valence-electron chi connectivity index (χ2n) is 2.22. The molecule has 0 saturated carbocycles. The average molecular weight is 130 g/mol. The Labute approximate surface area is 54.2 Å². The van der Waals surface area contributed by atoms with E-state index in [-0.39, 0.29) is 0 Å². The molecule has 8 heavy (non-hydrogen) atoms. The molecule has 0 rings (SSSR count). The minimum Gasteiger partial charge on any atom is -0.502 e. The van der Waals surface area contributed by atoms with E-state index in [1.165, 1.54) is 22.9 Å². The SMILES string of the molecule is C=COCCC(C)[SiH3]. The van der Waals surface area contributed by atoms with Crippen LogP contribution < -0.4 is 0 Å². The summed E-state index contributed by atoms with van der Waals surface area (Å²) in [6.07, 6.45) is 2.68. The predicted molar refractivity (Wildman–Crippen MR) is 40.1 cm³/mol. The van der Waals surface area contributed by atoms with Crippen LogP contribution in [0.15, 0.2) is 12.8 Å². The molecule has 0 aromatic rings. The molecule has 0 bridgehead atoms. The Hall–Kier alpha value is -0.243. The quantitative estimate of drug-likeness (QED) is 0.309. The standard InChI is InChI=1S/C6H14OSi/c1-3-7-5-4-6(2)8/h3,6H,1,4-5H2,2,8H3. The molecule has 0 fully saturated rings. The summed E-state index contributed by atoms with van der Waals surface area (Å²) in [6.45, 7) is 6.52. The summed E-state index contributed by atoms with van der Waals surface area (Å²) in [5.41, 5.74) is 0.870. The summed E-state index contributed by atoms with van der Waals surface area (Å²) in [6, 6.07) is 0. The molecule has 1 nitrogen and oxygen atoms in total. The Bertz CT molecular complexity index is 61.5. The zero-order valence-corrected chi connectivity index (χ0v) is 7.68. The summed E-state index contributed by atoms with van der Waals surface area (Å²) in [5, 5.41) is 0. The first-order valence-corrected chi connectivity index (χ1v) is 4.15. The van der Waals surface area contributed by atoms with Crippen LogP contribution in [0.25, 0.3) is 0 Å². The van der Waals surface area contributed by atoms with Gasteiger partial charge in [-0.3, -0.25) is 0 Å². The molecule has 0 radical (unpaired) electrons. The van der Waals surface area contributed by atoms with Crippen molar-refractivity contribution in [3.05, 3.63) is 12.8 Å². The zero-order valence-electron chi connectivity index (χ0n) is 5.68. The van der Waals surface area contributed by atoms with Gasteiger partial charge in [0.15, 0.2) is 0 Å². The molecule has 0 aromatic heterocycles. The van der Waals surface area contributed by atoms with E-state index in [1.807, 2.05) is 0 Å². The molecule has 0 spiro atoms. The monoisotopic (exact) mass is 130 g/mol. The fraction of sp³-hybridized carbons (Fsp3) is 0.667. The Morgan fingerprint density at radius 1 is 1.88 bits per heavy atom. The highest BCUT2D eigenvalue weighted by atomic mass is 28.1. The minimum absolute atomic E-state index is 0.841. The van der Waals surface area contributed by atoms with Gasteiger partial charge < -0.3 is 4.74 Å². The summed E-state index contributed by atoms with van der Waals surface area (Å²) >= 11 is 0. The third-order valence-electron chi connectivity index (χ3n) is 0.931. The smallest absolute Gasteiger partial charge is 0.0872 e. The molecule has 0 aliphatic heterocycles. The molecular weight excluding hydrogens is 116 g/mol. The molecule has 0 saturated heterocycles. The normalized spacial score (nSPS) is 13.1. The van der Waals surface area contributed by atoms with Gasteiger partial charge in [0.25, 0.3) is 0 Å². The van der Waals surface area contributed by atoms with Crippen molar-refractivity contribution in [2.75, 3.05) is 6.61 Å². The van der Waals surface area contributed by atoms with E-state index < -0.39 is 0 Å². The number of rotatable bonds is 4. The molecule has 1 unspecified atom stereocenters. The second kappa shape index (κ2) is 4.90. The lowest BCUT2D eigenvalue weighted by Gasteiger charge is -2.01. The van der Waals surface area contributed by atoms with Gasteiger partial charge in [-0.1, -0.05) is 19.0 Å². The van der Waals surface area contributed by atoms with E-state index in [0.717, 1.165) is 12.1 Å². The van der Waals surface area contributed by atoms with Crippen LogP contribution in [0.3, 0.4) is 0 Å². The van der Waals surface area contributed by atoms with Crippen molar-refractivity contribution in [2.45, 2.75) is 18.9 Å². The van der Waals surface area contributed by atoms with Gasteiger partial charge in [0.05, 0.1) is 12.9 Å². The van der Waals surface area contributed by atoms with Gasteiger partial charge in [-0.2, -0.15) is 0 Å². The van der Waals surface area contributed by atoms with Crippen LogP contribution in [0, 0.1) is 0 Å². The van der Waals surface area contributed by atoms with Gasteiger partial charge >= 0.3 is 0 Å². The fourth-order valence-corrected chi connectivity index (χ4v) is 0.623. The predicted octanol–water partition coefficient (Wildman–Crippen LogP) is 0.710. The first-order valence-electron chi connectivity index (χ1n) is 3.00. The van der Waals surface area contributed by atoms with Crippen LogP contribution >= 0.6 is 0 Å². The van der Waals surface area contributed by atoms with E-state index in [9.17, 15) is 0 Å². The summed E-state index contributed by atoms with van der Waals surface area (Å²) in [7, 11) is 1.27. The van der Waals surface area contributed by atoms with E-state index >= 15 is 0 Å². The Morgan fingerprint density at radius 3 is 2.88 bits per heavy atom. The number of ether oxygens (including phenoxy) is 1. The van der Waals surface area contributed by atoms with Crippen molar-refractivity contribution < 1.29 is 4.74 Å². The van der Waals surface area contributed by atoms with Crippen molar-refractivity contribution in [1.29, 1.82) is 0 Å². The van der Waals surface area contributed by atoms with Crippen LogP contribution in [0.2, 0.25) is 5.54 Å². The van der Waals surface area contributed by atoms with Crippen LogP contribution in [-0.2, 0) is 4.74 Å². The molecule has 48 valence electrons. The lowest BCUT2D eigenvalue weighted by molar-refractivity contribution is 0.245. The highest BCUT2D eigenvalue weighted by Gasteiger charge is 1.90. The van der Waals surface area contributed by atoms with E-state index in [2.05, 4.69) is 13.5 Å². The molecule has 0 aromatic carbocycles. The van der Waals surface area contributed by atoms with Gasteiger partial charge in [-0.25, -0.2) is 0 Å². The maximum atomic E-state index is 4.93. The van der Waals surface area contributed by atoms with E-state index in [1.54, 1.807) is 0 Å². The largest absolute Gasteiger partial charge is 0.502 e.